The van der Waals surface area contributed by atoms with Crippen molar-refractivity contribution in [3.63, 3.8) is 0 Å². The Hall–Kier alpha value is -1.89. The van der Waals surface area contributed by atoms with Gasteiger partial charge in [0.15, 0.2) is 0 Å². The van der Waals surface area contributed by atoms with Gasteiger partial charge in [-0.2, -0.15) is 0 Å². The number of imidazole rings is 1. The molecule has 1 N–H and O–H groups in total. The third-order valence-corrected chi connectivity index (χ3v) is 7.74. The third-order valence-electron chi connectivity index (χ3n) is 7.74. The highest BCUT2D eigenvalue weighted by Gasteiger charge is 2.39. The molecule has 7 nitrogen and oxygen atoms in total. The van der Waals surface area contributed by atoms with Gasteiger partial charge >= 0.3 is 0 Å². The lowest BCUT2D eigenvalue weighted by Crippen LogP contribution is -2.62. The number of hydrogen-bond donors (Lipinski definition) is 1. The van der Waals surface area contributed by atoms with Crippen molar-refractivity contribution in [1.29, 1.82) is 0 Å². The normalized spacial score (nSPS) is 23.2. The van der Waals surface area contributed by atoms with Crippen molar-refractivity contribution in [3.05, 3.63) is 18.2 Å². The van der Waals surface area contributed by atoms with E-state index >= 15 is 0 Å². The summed E-state index contributed by atoms with van der Waals surface area (Å²) in [4.78, 5) is 35.6. The molecule has 1 saturated carbocycles. The third kappa shape index (κ3) is 6.41. The standard InChI is InChI=1S/C27H45N5O2/c1-19(2)15-23-26(33)32(14-10-28-23)24(16-20(3)4)27(34)30-11-7-21(8-12-30)17-25-29-9-13-31(25)18-22-5-6-22/h9,13,19-24,28H,5-8,10-12,14-18H2,1-4H3/t23-,24-/m0/s1. The second-order valence-corrected chi connectivity index (χ2v) is 11.7. The van der Waals surface area contributed by atoms with E-state index in [1.165, 1.54) is 18.7 Å². The van der Waals surface area contributed by atoms with E-state index in [2.05, 4.69) is 48.8 Å². The minimum absolute atomic E-state index is 0.108. The number of piperazine rings is 1. The number of nitrogens with zero attached hydrogens (tertiary/aromatic N) is 4. The lowest BCUT2D eigenvalue weighted by atomic mass is 9.91. The molecule has 2 atom stereocenters. The van der Waals surface area contributed by atoms with Gasteiger partial charge in [-0.15, -0.1) is 0 Å². The number of carbonyl (C=O) groups is 2. The van der Waals surface area contributed by atoms with E-state index in [0.29, 0.717) is 24.3 Å². The Kier molecular flexibility index (Phi) is 8.33. The van der Waals surface area contributed by atoms with Crippen LogP contribution in [-0.2, 0) is 22.6 Å². The number of amides is 2. The molecular formula is C27H45N5O2. The van der Waals surface area contributed by atoms with Crippen LogP contribution >= 0.6 is 0 Å². The van der Waals surface area contributed by atoms with Crippen LogP contribution < -0.4 is 5.32 Å². The highest BCUT2D eigenvalue weighted by Crippen LogP contribution is 2.31. The molecule has 1 aliphatic carbocycles. The lowest BCUT2D eigenvalue weighted by molar-refractivity contribution is -0.150. The smallest absolute Gasteiger partial charge is 0.245 e. The van der Waals surface area contributed by atoms with Gasteiger partial charge in [-0.25, -0.2) is 4.98 Å². The molecule has 2 aliphatic heterocycles. The van der Waals surface area contributed by atoms with Crippen molar-refractivity contribution < 1.29 is 9.59 Å². The van der Waals surface area contributed by atoms with Crippen molar-refractivity contribution in [3.8, 4) is 0 Å². The van der Waals surface area contributed by atoms with Gasteiger partial charge in [0.2, 0.25) is 11.8 Å². The quantitative estimate of drug-likeness (QED) is 0.568. The monoisotopic (exact) mass is 471 g/mol. The molecule has 0 radical (unpaired) electrons. The Morgan fingerprint density at radius 1 is 1.06 bits per heavy atom. The van der Waals surface area contributed by atoms with Crippen LogP contribution in [-0.4, -0.2) is 69.4 Å². The summed E-state index contributed by atoms with van der Waals surface area (Å²) in [5.74, 6) is 3.69. The molecule has 190 valence electrons. The Bertz CT molecular complexity index is 823. The van der Waals surface area contributed by atoms with E-state index in [-0.39, 0.29) is 23.9 Å². The number of nitrogens with one attached hydrogen (secondary N) is 1. The van der Waals surface area contributed by atoms with Gasteiger partial charge in [-0.05, 0) is 62.2 Å². The van der Waals surface area contributed by atoms with Crippen molar-refractivity contribution in [1.82, 2.24) is 24.7 Å². The van der Waals surface area contributed by atoms with Crippen LogP contribution in [0.3, 0.4) is 0 Å². The average molecular weight is 472 g/mol. The largest absolute Gasteiger partial charge is 0.341 e. The van der Waals surface area contributed by atoms with Crippen LogP contribution in [0.15, 0.2) is 12.4 Å². The number of piperidine rings is 1. The highest BCUT2D eigenvalue weighted by atomic mass is 16.2. The minimum Gasteiger partial charge on any atom is -0.341 e. The van der Waals surface area contributed by atoms with Gasteiger partial charge in [-0.3, -0.25) is 9.59 Å². The fourth-order valence-electron chi connectivity index (χ4n) is 5.63. The van der Waals surface area contributed by atoms with E-state index in [1.54, 1.807) is 0 Å². The van der Waals surface area contributed by atoms with Crippen molar-refractivity contribution in [2.24, 2.45) is 23.7 Å². The summed E-state index contributed by atoms with van der Waals surface area (Å²) in [5.41, 5.74) is 0. The Morgan fingerprint density at radius 3 is 2.44 bits per heavy atom. The van der Waals surface area contributed by atoms with Gasteiger partial charge in [0, 0.05) is 51.5 Å². The molecule has 1 aromatic rings. The van der Waals surface area contributed by atoms with Crippen LogP contribution in [0.4, 0.5) is 0 Å². The molecule has 34 heavy (non-hydrogen) atoms. The maximum atomic E-state index is 13.7. The first-order valence-corrected chi connectivity index (χ1v) is 13.6. The molecule has 7 heteroatoms. The topological polar surface area (TPSA) is 70.5 Å². The predicted molar refractivity (Wildman–Crippen MR) is 134 cm³/mol. The van der Waals surface area contributed by atoms with E-state index in [9.17, 15) is 9.59 Å². The Labute approximate surface area is 205 Å². The van der Waals surface area contributed by atoms with Crippen molar-refractivity contribution >= 4 is 11.8 Å². The first kappa shape index (κ1) is 25.2. The molecule has 4 rings (SSSR count). The summed E-state index contributed by atoms with van der Waals surface area (Å²) in [5, 5.41) is 3.38. The molecule has 0 unspecified atom stereocenters. The zero-order chi connectivity index (χ0) is 24.2. The summed E-state index contributed by atoms with van der Waals surface area (Å²) in [7, 11) is 0. The summed E-state index contributed by atoms with van der Waals surface area (Å²) < 4.78 is 2.34. The highest BCUT2D eigenvalue weighted by molar-refractivity contribution is 5.90. The van der Waals surface area contributed by atoms with E-state index < -0.39 is 0 Å². The van der Waals surface area contributed by atoms with Crippen LogP contribution in [0.1, 0.15) is 72.0 Å². The molecule has 3 heterocycles. The molecule has 2 amide bonds. The maximum absolute atomic E-state index is 13.7. The molecule has 2 saturated heterocycles. The van der Waals surface area contributed by atoms with Crippen LogP contribution in [0.25, 0.3) is 0 Å². The Balaban J connectivity index is 1.35. The van der Waals surface area contributed by atoms with E-state index in [4.69, 9.17) is 0 Å². The van der Waals surface area contributed by atoms with Crippen LogP contribution in [0.2, 0.25) is 0 Å². The first-order valence-electron chi connectivity index (χ1n) is 13.6. The molecule has 0 aromatic carbocycles. The SMILES string of the molecule is CC(C)C[C@@H]1NCCN([C@@H](CC(C)C)C(=O)N2CCC(Cc3nccn3CC3CC3)CC2)C1=O. The number of rotatable bonds is 10. The zero-order valence-electron chi connectivity index (χ0n) is 21.7. The van der Waals surface area contributed by atoms with Crippen molar-refractivity contribution in [2.75, 3.05) is 26.2 Å². The second kappa shape index (κ2) is 11.2. The molecule has 3 aliphatic rings. The van der Waals surface area contributed by atoms with E-state index in [0.717, 1.165) is 64.2 Å². The average Bonchev–Trinajstić information content (AvgIpc) is 3.51. The number of aromatic nitrogens is 2. The molecule has 0 spiro atoms. The number of carbonyl (C=O) groups excluding carboxylic acids is 2. The summed E-state index contributed by atoms with van der Waals surface area (Å²) >= 11 is 0. The van der Waals surface area contributed by atoms with Crippen LogP contribution in [0, 0.1) is 23.7 Å². The predicted octanol–water partition coefficient (Wildman–Crippen LogP) is 3.34. The fourth-order valence-corrected chi connectivity index (χ4v) is 5.63. The Morgan fingerprint density at radius 2 is 1.79 bits per heavy atom. The van der Waals surface area contributed by atoms with Gasteiger partial charge in [0.05, 0.1) is 6.04 Å². The second-order valence-electron chi connectivity index (χ2n) is 11.7. The summed E-state index contributed by atoms with van der Waals surface area (Å²) in [6.07, 6.45) is 11.3. The summed E-state index contributed by atoms with van der Waals surface area (Å²) in [6.45, 7) is 12.7. The molecule has 0 bridgehead atoms. The molecule has 3 fully saturated rings. The molecule has 1 aromatic heterocycles. The van der Waals surface area contributed by atoms with Crippen LogP contribution in [0.5, 0.6) is 0 Å². The number of likely N-dealkylation sites (tertiary alicyclic amines) is 1. The van der Waals surface area contributed by atoms with Gasteiger partial charge in [0.1, 0.15) is 11.9 Å². The lowest BCUT2D eigenvalue weighted by Gasteiger charge is -2.42. The van der Waals surface area contributed by atoms with E-state index in [1.807, 2.05) is 16.0 Å². The van der Waals surface area contributed by atoms with Gasteiger partial charge in [-0.1, -0.05) is 27.7 Å². The fraction of sp³-hybridized carbons (Fsp3) is 0.815. The number of hydrogen-bond acceptors (Lipinski definition) is 4. The molecular weight excluding hydrogens is 426 g/mol. The summed E-state index contributed by atoms with van der Waals surface area (Å²) in [6, 6.07) is -0.500. The van der Waals surface area contributed by atoms with Gasteiger partial charge in [0.25, 0.3) is 0 Å². The maximum Gasteiger partial charge on any atom is 0.245 e. The van der Waals surface area contributed by atoms with Gasteiger partial charge < -0.3 is 19.7 Å². The zero-order valence-corrected chi connectivity index (χ0v) is 21.7. The van der Waals surface area contributed by atoms with Crippen molar-refractivity contribution in [2.45, 2.75) is 91.3 Å². The minimum atomic E-state index is -0.335. The first-order chi connectivity index (χ1) is 16.3.